The second-order valence-corrected chi connectivity index (χ2v) is 2.23. The number of fused-ring (bicyclic) bond motifs is 1. The van der Waals surface area contributed by atoms with Crippen LogP contribution in [0.4, 0.5) is 0 Å². The van der Waals surface area contributed by atoms with E-state index >= 15 is 0 Å². The Morgan fingerprint density at radius 1 is 1.18 bits per heavy atom. The van der Waals surface area contributed by atoms with E-state index in [9.17, 15) is 5.11 Å². The van der Waals surface area contributed by atoms with E-state index in [1.807, 2.05) is 6.07 Å². The van der Waals surface area contributed by atoms with E-state index in [0.29, 0.717) is 5.52 Å². The number of hydrogen-bond donors (Lipinski definition) is 0. The van der Waals surface area contributed by atoms with E-state index in [1.165, 1.54) is 6.07 Å². The normalized spacial score (nSPS) is 10.2. The first-order chi connectivity index (χ1) is 5.38. The third kappa shape index (κ3) is 0.902. The molecule has 0 saturated carbocycles. The summed E-state index contributed by atoms with van der Waals surface area (Å²) in [5.41, 5.74) is 0.440. The Morgan fingerprint density at radius 3 is 2.91 bits per heavy atom. The van der Waals surface area contributed by atoms with Gasteiger partial charge in [0.25, 0.3) is 0 Å². The van der Waals surface area contributed by atoms with Crippen molar-refractivity contribution < 1.29 is 5.11 Å². The molecule has 0 N–H and O–H groups in total. The van der Waals surface area contributed by atoms with Gasteiger partial charge in [0.05, 0.1) is 11.7 Å². The van der Waals surface area contributed by atoms with Crippen molar-refractivity contribution in [3.63, 3.8) is 0 Å². The standard InChI is InChI=1S/C8H6N2O/c11-7-3-1-2-6-4-5-9-10-8(6)7/h1-5,11H/p-1. The van der Waals surface area contributed by atoms with Crippen molar-refractivity contribution in [2.24, 2.45) is 0 Å². The van der Waals surface area contributed by atoms with E-state index in [-0.39, 0.29) is 5.75 Å². The summed E-state index contributed by atoms with van der Waals surface area (Å²) in [6, 6.07) is 6.80. The molecule has 0 radical (unpaired) electrons. The van der Waals surface area contributed by atoms with Crippen molar-refractivity contribution in [3.8, 4) is 5.75 Å². The first-order valence-corrected chi connectivity index (χ1v) is 3.25. The summed E-state index contributed by atoms with van der Waals surface area (Å²) in [5.74, 6) is -0.0735. The predicted molar refractivity (Wildman–Crippen MR) is 39.0 cm³/mol. The Morgan fingerprint density at radius 2 is 2.09 bits per heavy atom. The molecule has 0 amide bonds. The van der Waals surface area contributed by atoms with E-state index in [2.05, 4.69) is 10.2 Å². The summed E-state index contributed by atoms with van der Waals surface area (Å²) in [5, 5.41) is 19.3. The van der Waals surface area contributed by atoms with Gasteiger partial charge in [-0.2, -0.15) is 10.2 Å². The summed E-state index contributed by atoms with van der Waals surface area (Å²) in [4.78, 5) is 0. The summed E-state index contributed by atoms with van der Waals surface area (Å²) < 4.78 is 0. The van der Waals surface area contributed by atoms with Crippen molar-refractivity contribution in [3.05, 3.63) is 30.5 Å². The summed E-state index contributed by atoms with van der Waals surface area (Å²) in [7, 11) is 0. The molecule has 3 heteroatoms. The highest BCUT2D eigenvalue weighted by Crippen LogP contribution is 2.17. The molecule has 54 valence electrons. The summed E-state index contributed by atoms with van der Waals surface area (Å²) >= 11 is 0. The SMILES string of the molecule is [O-]c1cccc2ccnnc12. The largest absolute Gasteiger partial charge is 0.871 e. The van der Waals surface area contributed by atoms with Gasteiger partial charge in [-0.05, 0) is 6.07 Å². The smallest absolute Gasteiger partial charge is 0.0851 e. The van der Waals surface area contributed by atoms with Gasteiger partial charge in [-0.25, -0.2) is 0 Å². The van der Waals surface area contributed by atoms with Crippen LogP contribution in [0.1, 0.15) is 0 Å². The quantitative estimate of drug-likeness (QED) is 0.548. The van der Waals surface area contributed by atoms with Crippen molar-refractivity contribution in [1.82, 2.24) is 10.2 Å². The topological polar surface area (TPSA) is 48.8 Å². The molecular formula is C8H5N2O-. The highest BCUT2D eigenvalue weighted by Gasteiger charge is 1.91. The third-order valence-electron chi connectivity index (χ3n) is 1.51. The first kappa shape index (κ1) is 6.09. The maximum atomic E-state index is 11.1. The molecule has 1 heterocycles. The van der Waals surface area contributed by atoms with Gasteiger partial charge in [-0.3, -0.25) is 0 Å². The molecule has 0 aliphatic carbocycles. The first-order valence-electron chi connectivity index (χ1n) is 3.25. The van der Waals surface area contributed by atoms with Gasteiger partial charge in [-0.1, -0.05) is 23.9 Å². The fraction of sp³-hybridized carbons (Fsp3) is 0. The Labute approximate surface area is 63.3 Å². The maximum Gasteiger partial charge on any atom is 0.0851 e. The molecule has 0 bridgehead atoms. The van der Waals surface area contributed by atoms with Crippen LogP contribution in [0.15, 0.2) is 30.5 Å². The lowest BCUT2D eigenvalue weighted by atomic mass is 10.2. The van der Waals surface area contributed by atoms with Crippen molar-refractivity contribution in [2.75, 3.05) is 0 Å². The van der Waals surface area contributed by atoms with E-state index < -0.39 is 0 Å². The zero-order valence-corrected chi connectivity index (χ0v) is 5.69. The molecule has 0 atom stereocenters. The predicted octanol–water partition coefficient (Wildman–Crippen LogP) is 0.703. The zero-order valence-electron chi connectivity index (χ0n) is 5.69. The molecule has 1 aromatic heterocycles. The van der Waals surface area contributed by atoms with Crippen LogP contribution in [0.25, 0.3) is 10.9 Å². The van der Waals surface area contributed by atoms with Crippen LogP contribution < -0.4 is 5.11 Å². The number of aromatic nitrogens is 2. The minimum atomic E-state index is -0.0735. The van der Waals surface area contributed by atoms with Crippen molar-refractivity contribution in [2.45, 2.75) is 0 Å². The molecule has 0 aliphatic heterocycles. The molecule has 2 aromatic rings. The number of benzene rings is 1. The second-order valence-electron chi connectivity index (χ2n) is 2.23. The van der Waals surface area contributed by atoms with Gasteiger partial charge in [-0.15, -0.1) is 0 Å². The monoisotopic (exact) mass is 145 g/mol. The zero-order chi connectivity index (χ0) is 7.68. The molecule has 0 saturated heterocycles. The molecule has 11 heavy (non-hydrogen) atoms. The second kappa shape index (κ2) is 2.20. The molecule has 3 nitrogen and oxygen atoms in total. The lowest BCUT2D eigenvalue weighted by Gasteiger charge is -2.05. The van der Waals surface area contributed by atoms with Crippen molar-refractivity contribution in [1.29, 1.82) is 0 Å². The van der Waals surface area contributed by atoms with Crippen LogP contribution in [-0.4, -0.2) is 10.2 Å². The molecule has 0 aliphatic rings. The third-order valence-corrected chi connectivity index (χ3v) is 1.51. The fourth-order valence-corrected chi connectivity index (χ4v) is 0.986. The van der Waals surface area contributed by atoms with E-state index in [4.69, 9.17) is 0 Å². The highest BCUT2D eigenvalue weighted by molar-refractivity contribution is 5.82. The van der Waals surface area contributed by atoms with Crippen LogP contribution >= 0.6 is 0 Å². The Hall–Kier alpha value is -1.64. The summed E-state index contributed by atoms with van der Waals surface area (Å²) in [6.45, 7) is 0. The fourth-order valence-electron chi connectivity index (χ4n) is 0.986. The van der Waals surface area contributed by atoms with Gasteiger partial charge in [0, 0.05) is 5.39 Å². The number of nitrogens with zero attached hydrogens (tertiary/aromatic N) is 2. The van der Waals surface area contributed by atoms with Gasteiger partial charge in [0.15, 0.2) is 0 Å². The van der Waals surface area contributed by atoms with E-state index in [0.717, 1.165) is 5.39 Å². The minimum absolute atomic E-state index is 0.0735. The van der Waals surface area contributed by atoms with Gasteiger partial charge in [0.2, 0.25) is 0 Å². The summed E-state index contributed by atoms with van der Waals surface area (Å²) in [6.07, 6.45) is 1.57. The number of rotatable bonds is 0. The van der Waals surface area contributed by atoms with Crippen LogP contribution in [0.2, 0.25) is 0 Å². The van der Waals surface area contributed by atoms with Crippen LogP contribution in [-0.2, 0) is 0 Å². The lowest BCUT2D eigenvalue weighted by molar-refractivity contribution is -0.266. The Balaban J connectivity index is 2.91. The van der Waals surface area contributed by atoms with Crippen LogP contribution in [0, 0.1) is 0 Å². The molecule has 0 fully saturated rings. The number of hydrogen-bond acceptors (Lipinski definition) is 3. The van der Waals surface area contributed by atoms with Gasteiger partial charge < -0.3 is 5.11 Å². The lowest BCUT2D eigenvalue weighted by Crippen LogP contribution is -1.92. The van der Waals surface area contributed by atoms with Gasteiger partial charge >= 0.3 is 0 Å². The Bertz CT molecular complexity index is 381. The Kier molecular flexibility index (Phi) is 1.22. The molecule has 2 rings (SSSR count). The molecule has 1 aromatic carbocycles. The average Bonchev–Trinajstić information content (AvgIpc) is 2.06. The minimum Gasteiger partial charge on any atom is -0.871 e. The molecule has 0 unspecified atom stereocenters. The highest BCUT2D eigenvalue weighted by atomic mass is 16.3. The van der Waals surface area contributed by atoms with Crippen molar-refractivity contribution >= 4 is 10.9 Å². The van der Waals surface area contributed by atoms with Crippen LogP contribution in [0.5, 0.6) is 5.75 Å². The molecular weight excluding hydrogens is 140 g/mol. The van der Waals surface area contributed by atoms with Crippen LogP contribution in [0.3, 0.4) is 0 Å². The molecule has 0 spiro atoms. The van der Waals surface area contributed by atoms with Gasteiger partial charge in [0.1, 0.15) is 0 Å². The maximum absolute atomic E-state index is 11.1. The average molecular weight is 145 g/mol. The van der Waals surface area contributed by atoms with E-state index in [1.54, 1.807) is 18.3 Å².